The summed E-state index contributed by atoms with van der Waals surface area (Å²) < 4.78 is 1.14. The summed E-state index contributed by atoms with van der Waals surface area (Å²) in [6.07, 6.45) is 3.13. The number of nitrogens with one attached hydrogen (secondary N) is 1. The molecule has 0 radical (unpaired) electrons. The van der Waals surface area contributed by atoms with Crippen LogP contribution in [0.2, 0.25) is 0 Å². The Morgan fingerprint density at radius 3 is 2.67 bits per heavy atom. The van der Waals surface area contributed by atoms with E-state index >= 15 is 0 Å². The van der Waals surface area contributed by atoms with E-state index in [-0.39, 0.29) is 11.3 Å². The molecule has 1 atom stereocenters. The Kier molecular flexibility index (Phi) is 3.65. The molecule has 0 aromatic heterocycles. The molecule has 1 saturated heterocycles. The van der Waals surface area contributed by atoms with Crippen LogP contribution >= 0.6 is 15.9 Å². The van der Waals surface area contributed by atoms with Crippen LogP contribution in [0.25, 0.3) is 0 Å². The molecule has 3 nitrogen and oxygen atoms in total. The largest absolute Gasteiger partial charge is 0.481 e. The van der Waals surface area contributed by atoms with Crippen molar-refractivity contribution in [3.05, 3.63) is 33.8 Å². The predicted octanol–water partition coefficient (Wildman–Crippen LogP) is 3.67. The van der Waals surface area contributed by atoms with Gasteiger partial charge in [-0.1, -0.05) is 28.1 Å². The molecule has 1 aliphatic heterocycles. The Hall–Kier alpha value is -0.870. The third-order valence-electron chi connectivity index (χ3n) is 5.53. The summed E-state index contributed by atoms with van der Waals surface area (Å²) in [5.41, 5.74) is 2.01. The minimum Gasteiger partial charge on any atom is -0.481 e. The number of rotatable bonds is 2. The van der Waals surface area contributed by atoms with E-state index in [2.05, 4.69) is 33.4 Å². The molecule has 114 valence electrons. The number of carboxylic acid groups (broad SMARTS) is 1. The zero-order chi connectivity index (χ0) is 15.3. The van der Waals surface area contributed by atoms with Gasteiger partial charge in [-0.15, -0.1) is 0 Å². The average molecular weight is 352 g/mol. The van der Waals surface area contributed by atoms with E-state index in [1.165, 1.54) is 11.1 Å². The van der Waals surface area contributed by atoms with Crippen molar-refractivity contribution in [2.75, 3.05) is 13.1 Å². The van der Waals surface area contributed by atoms with Gasteiger partial charge in [-0.05, 0) is 68.8 Å². The lowest BCUT2D eigenvalue weighted by Gasteiger charge is -2.37. The van der Waals surface area contributed by atoms with Crippen molar-refractivity contribution in [1.82, 2.24) is 5.32 Å². The highest BCUT2D eigenvalue weighted by Gasteiger charge is 2.51. The summed E-state index contributed by atoms with van der Waals surface area (Å²) >= 11 is 3.72. The lowest BCUT2D eigenvalue weighted by atomic mass is 9.70. The summed E-state index contributed by atoms with van der Waals surface area (Å²) in [5.74, 6) is -0.620. The fourth-order valence-electron chi connectivity index (χ4n) is 4.15. The number of hydrogen-bond donors (Lipinski definition) is 2. The lowest BCUT2D eigenvalue weighted by molar-refractivity contribution is -0.148. The molecular weight excluding hydrogens is 330 g/mol. The van der Waals surface area contributed by atoms with Gasteiger partial charge < -0.3 is 10.4 Å². The Morgan fingerprint density at radius 1 is 1.38 bits per heavy atom. The number of carbonyl (C=O) groups is 1. The smallest absolute Gasteiger partial charge is 0.309 e. The van der Waals surface area contributed by atoms with E-state index in [9.17, 15) is 9.90 Å². The lowest BCUT2D eigenvalue weighted by Crippen LogP contribution is -2.39. The van der Waals surface area contributed by atoms with Crippen LogP contribution in [0.15, 0.2) is 22.7 Å². The van der Waals surface area contributed by atoms with Crippen LogP contribution in [0.1, 0.15) is 50.2 Å². The van der Waals surface area contributed by atoms with Crippen LogP contribution in [0.5, 0.6) is 0 Å². The van der Waals surface area contributed by atoms with Gasteiger partial charge >= 0.3 is 5.97 Å². The summed E-state index contributed by atoms with van der Waals surface area (Å²) in [6, 6.07) is 6.26. The van der Waals surface area contributed by atoms with Crippen molar-refractivity contribution in [2.45, 2.75) is 44.4 Å². The van der Waals surface area contributed by atoms with Crippen LogP contribution in [0.3, 0.4) is 0 Å². The SMILES string of the molecule is CC(C)(C(=O)O)C1CC2(CCNCC2)c2c(Br)cccc21. The molecule has 1 aliphatic carbocycles. The molecular formula is C17H22BrNO2. The third-order valence-corrected chi connectivity index (χ3v) is 6.19. The van der Waals surface area contributed by atoms with Gasteiger partial charge in [0.1, 0.15) is 0 Å². The van der Waals surface area contributed by atoms with E-state index in [0.717, 1.165) is 36.8 Å². The Bertz CT molecular complexity index is 576. The summed E-state index contributed by atoms with van der Waals surface area (Å²) in [4.78, 5) is 11.7. The van der Waals surface area contributed by atoms with Gasteiger partial charge in [0.05, 0.1) is 5.41 Å². The van der Waals surface area contributed by atoms with Gasteiger partial charge in [-0.3, -0.25) is 4.79 Å². The van der Waals surface area contributed by atoms with E-state index in [4.69, 9.17) is 0 Å². The van der Waals surface area contributed by atoms with E-state index in [1.54, 1.807) is 0 Å². The number of hydrogen-bond acceptors (Lipinski definition) is 2. The van der Waals surface area contributed by atoms with E-state index in [1.807, 2.05) is 19.9 Å². The number of aliphatic carboxylic acids is 1. The molecule has 1 fully saturated rings. The zero-order valence-electron chi connectivity index (χ0n) is 12.6. The molecule has 1 unspecified atom stereocenters. The fourth-order valence-corrected chi connectivity index (χ4v) is 4.95. The molecule has 3 rings (SSSR count). The molecule has 1 heterocycles. The zero-order valence-corrected chi connectivity index (χ0v) is 14.2. The molecule has 0 saturated carbocycles. The number of piperidine rings is 1. The highest BCUT2D eigenvalue weighted by atomic mass is 79.9. The van der Waals surface area contributed by atoms with Gasteiger partial charge in [-0.25, -0.2) is 0 Å². The fraction of sp³-hybridized carbons (Fsp3) is 0.588. The van der Waals surface area contributed by atoms with Gasteiger partial charge in [0, 0.05) is 10.4 Å². The average Bonchev–Trinajstić information content (AvgIpc) is 2.76. The Morgan fingerprint density at radius 2 is 2.05 bits per heavy atom. The molecule has 0 bridgehead atoms. The van der Waals surface area contributed by atoms with Crippen LogP contribution in [-0.4, -0.2) is 24.2 Å². The normalized spacial score (nSPS) is 24.0. The van der Waals surface area contributed by atoms with Crippen molar-refractivity contribution in [2.24, 2.45) is 5.41 Å². The minimum absolute atomic E-state index is 0.0839. The summed E-state index contributed by atoms with van der Waals surface area (Å²) in [5, 5.41) is 13.1. The van der Waals surface area contributed by atoms with E-state index < -0.39 is 11.4 Å². The second-order valence-corrected chi connectivity index (χ2v) is 7.87. The van der Waals surface area contributed by atoms with Gasteiger partial charge in [0.25, 0.3) is 0 Å². The van der Waals surface area contributed by atoms with Crippen molar-refractivity contribution in [3.63, 3.8) is 0 Å². The van der Waals surface area contributed by atoms with Crippen molar-refractivity contribution >= 4 is 21.9 Å². The highest BCUT2D eigenvalue weighted by Crippen LogP contribution is 2.58. The first-order chi connectivity index (χ1) is 9.88. The van der Waals surface area contributed by atoms with Crippen molar-refractivity contribution in [3.8, 4) is 0 Å². The maximum atomic E-state index is 11.7. The maximum Gasteiger partial charge on any atom is 0.309 e. The van der Waals surface area contributed by atoms with Crippen LogP contribution in [-0.2, 0) is 10.2 Å². The van der Waals surface area contributed by atoms with Crippen molar-refractivity contribution < 1.29 is 9.90 Å². The molecule has 1 spiro atoms. The number of carboxylic acids is 1. The maximum absolute atomic E-state index is 11.7. The standard InChI is InChI=1S/C17H22BrNO2/c1-16(2,15(20)21)12-10-17(6-8-19-9-7-17)14-11(12)4-3-5-13(14)18/h3-5,12,19H,6-10H2,1-2H3,(H,20,21). The molecule has 21 heavy (non-hydrogen) atoms. The third kappa shape index (κ3) is 2.23. The van der Waals surface area contributed by atoms with Gasteiger partial charge in [0.15, 0.2) is 0 Å². The summed E-state index contributed by atoms with van der Waals surface area (Å²) in [6.45, 7) is 5.76. The number of fused-ring (bicyclic) bond motifs is 2. The van der Waals surface area contributed by atoms with Crippen LogP contribution in [0, 0.1) is 5.41 Å². The second kappa shape index (κ2) is 5.10. The number of benzene rings is 1. The monoisotopic (exact) mass is 351 g/mol. The van der Waals surface area contributed by atoms with Gasteiger partial charge in [-0.2, -0.15) is 0 Å². The van der Waals surface area contributed by atoms with Crippen molar-refractivity contribution in [1.29, 1.82) is 0 Å². The first kappa shape index (κ1) is 15.0. The molecule has 0 amide bonds. The first-order valence-corrected chi connectivity index (χ1v) is 8.41. The van der Waals surface area contributed by atoms with Gasteiger partial charge in [0.2, 0.25) is 0 Å². The molecule has 2 N–H and O–H groups in total. The molecule has 2 aliphatic rings. The Labute approximate surface area is 134 Å². The molecule has 1 aromatic rings. The highest BCUT2D eigenvalue weighted by molar-refractivity contribution is 9.10. The minimum atomic E-state index is -0.732. The Balaban J connectivity index is 2.13. The van der Waals surface area contributed by atoms with E-state index in [0.29, 0.717) is 0 Å². The first-order valence-electron chi connectivity index (χ1n) is 7.61. The van der Waals surface area contributed by atoms with Crippen LogP contribution < -0.4 is 5.32 Å². The topological polar surface area (TPSA) is 49.3 Å². The second-order valence-electron chi connectivity index (χ2n) is 7.02. The quantitative estimate of drug-likeness (QED) is 0.854. The summed E-state index contributed by atoms with van der Waals surface area (Å²) in [7, 11) is 0. The number of halogens is 1. The van der Waals surface area contributed by atoms with Crippen LogP contribution in [0.4, 0.5) is 0 Å². The molecule has 1 aromatic carbocycles. The molecule has 4 heteroatoms. The predicted molar refractivity (Wildman–Crippen MR) is 86.7 cm³/mol.